The summed E-state index contributed by atoms with van der Waals surface area (Å²) < 4.78 is 0. The van der Waals surface area contributed by atoms with Gasteiger partial charge in [-0.2, -0.15) is 0 Å². The van der Waals surface area contributed by atoms with Crippen molar-refractivity contribution in [2.24, 2.45) is 0 Å². The molecule has 1 aromatic rings. The number of nitro benzene ring substituents is 1. The van der Waals surface area contributed by atoms with E-state index < -0.39 is 4.92 Å². The van der Waals surface area contributed by atoms with Gasteiger partial charge in [0.1, 0.15) is 0 Å². The van der Waals surface area contributed by atoms with Crippen LogP contribution in [0.15, 0.2) is 24.3 Å². The van der Waals surface area contributed by atoms with Gasteiger partial charge in [0, 0.05) is 18.7 Å². The van der Waals surface area contributed by atoms with Crippen LogP contribution in [0, 0.1) is 10.1 Å². The maximum Gasteiger partial charge on any atom is 0.269 e. The lowest BCUT2D eigenvalue weighted by Crippen LogP contribution is -2.14. The van der Waals surface area contributed by atoms with Crippen LogP contribution in [0.4, 0.5) is 5.69 Å². The van der Waals surface area contributed by atoms with Crippen LogP contribution in [-0.4, -0.2) is 17.9 Å². The average molecular weight is 194 g/mol. The standard InChI is InChI=1S/C9H10N2O3/c12-7-10-5-4-8-2-1-3-9(6-8)11(13)14/h1-3,6-7H,4-5H2,(H,10,12). The van der Waals surface area contributed by atoms with Crippen LogP contribution in [0.25, 0.3) is 0 Å². The fraction of sp³-hybridized carbons (Fsp3) is 0.222. The van der Waals surface area contributed by atoms with Gasteiger partial charge in [-0.3, -0.25) is 14.9 Å². The Morgan fingerprint density at radius 2 is 2.29 bits per heavy atom. The van der Waals surface area contributed by atoms with Gasteiger partial charge in [0.15, 0.2) is 0 Å². The van der Waals surface area contributed by atoms with Gasteiger partial charge >= 0.3 is 0 Å². The monoisotopic (exact) mass is 194 g/mol. The first-order valence-corrected chi connectivity index (χ1v) is 4.14. The molecule has 0 saturated heterocycles. The van der Waals surface area contributed by atoms with E-state index in [1.54, 1.807) is 12.1 Å². The summed E-state index contributed by atoms with van der Waals surface area (Å²) in [5.41, 5.74) is 0.919. The lowest BCUT2D eigenvalue weighted by molar-refractivity contribution is -0.384. The summed E-state index contributed by atoms with van der Waals surface area (Å²) in [5, 5.41) is 12.9. The Morgan fingerprint density at radius 3 is 2.93 bits per heavy atom. The van der Waals surface area contributed by atoms with E-state index in [0.717, 1.165) is 5.56 Å². The molecule has 0 aliphatic carbocycles. The molecule has 1 N–H and O–H groups in total. The molecule has 0 aliphatic heterocycles. The van der Waals surface area contributed by atoms with Gasteiger partial charge in [-0.1, -0.05) is 12.1 Å². The number of benzene rings is 1. The minimum Gasteiger partial charge on any atom is -0.358 e. The molecule has 1 rings (SSSR count). The molecule has 0 unspecified atom stereocenters. The van der Waals surface area contributed by atoms with E-state index in [-0.39, 0.29) is 5.69 Å². The van der Waals surface area contributed by atoms with Gasteiger partial charge < -0.3 is 5.32 Å². The summed E-state index contributed by atoms with van der Waals surface area (Å²) >= 11 is 0. The van der Waals surface area contributed by atoms with Crippen molar-refractivity contribution in [1.82, 2.24) is 5.32 Å². The molecule has 0 spiro atoms. The van der Waals surface area contributed by atoms with Gasteiger partial charge in [0.2, 0.25) is 6.41 Å². The van der Waals surface area contributed by atoms with Crippen molar-refractivity contribution in [2.45, 2.75) is 6.42 Å². The van der Waals surface area contributed by atoms with Gasteiger partial charge in [0.25, 0.3) is 5.69 Å². The highest BCUT2D eigenvalue weighted by Gasteiger charge is 2.04. The van der Waals surface area contributed by atoms with E-state index in [1.807, 2.05) is 0 Å². The normalized spacial score (nSPS) is 9.43. The molecule has 0 saturated carbocycles. The summed E-state index contributed by atoms with van der Waals surface area (Å²) in [7, 11) is 0. The van der Waals surface area contributed by atoms with Gasteiger partial charge in [-0.25, -0.2) is 0 Å². The first kappa shape index (κ1) is 10.2. The van der Waals surface area contributed by atoms with E-state index in [1.165, 1.54) is 12.1 Å². The van der Waals surface area contributed by atoms with Gasteiger partial charge in [-0.05, 0) is 12.0 Å². The third kappa shape index (κ3) is 2.85. The first-order chi connectivity index (χ1) is 6.74. The molecule has 1 aromatic carbocycles. The highest BCUT2D eigenvalue weighted by molar-refractivity contribution is 5.46. The van der Waals surface area contributed by atoms with Crippen LogP contribution < -0.4 is 5.32 Å². The van der Waals surface area contributed by atoms with Crippen molar-refractivity contribution in [3.8, 4) is 0 Å². The lowest BCUT2D eigenvalue weighted by Gasteiger charge is -1.99. The molecule has 0 fully saturated rings. The van der Waals surface area contributed by atoms with Crippen LogP contribution in [0.2, 0.25) is 0 Å². The quantitative estimate of drug-likeness (QED) is 0.327. The molecule has 0 radical (unpaired) electrons. The molecule has 0 aromatic heterocycles. The molecule has 5 heteroatoms. The van der Waals surface area contributed by atoms with Crippen LogP contribution >= 0.6 is 0 Å². The van der Waals surface area contributed by atoms with Crippen LogP contribution in [0.5, 0.6) is 0 Å². The molecule has 74 valence electrons. The smallest absolute Gasteiger partial charge is 0.269 e. The van der Waals surface area contributed by atoms with Crippen LogP contribution in [-0.2, 0) is 11.2 Å². The Kier molecular flexibility index (Phi) is 3.60. The van der Waals surface area contributed by atoms with E-state index >= 15 is 0 Å². The summed E-state index contributed by atoms with van der Waals surface area (Å²) in [6.45, 7) is 0.491. The highest BCUT2D eigenvalue weighted by atomic mass is 16.6. The zero-order valence-corrected chi connectivity index (χ0v) is 7.47. The van der Waals surface area contributed by atoms with E-state index in [2.05, 4.69) is 5.32 Å². The van der Waals surface area contributed by atoms with Gasteiger partial charge in [-0.15, -0.1) is 0 Å². The maximum atomic E-state index is 10.4. The lowest BCUT2D eigenvalue weighted by atomic mass is 10.1. The second-order valence-corrected chi connectivity index (χ2v) is 2.75. The summed E-state index contributed by atoms with van der Waals surface area (Å²) in [5.74, 6) is 0. The zero-order chi connectivity index (χ0) is 10.4. The van der Waals surface area contributed by atoms with Crippen molar-refractivity contribution in [3.63, 3.8) is 0 Å². The number of carbonyl (C=O) groups excluding carboxylic acids is 1. The van der Waals surface area contributed by atoms with Crippen molar-refractivity contribution in [2.75, 3.05) is 6.54 Å². The van der Waals surface area contributed by atoms with Crippen LogP contribution in [0.1, 0.15) is 5.56 Å². The Hall–Kier alpha value is -1.91. The zero-order valence-electron chi connectivity index (χ0n) is 7.47. The highest BCUT2D eigenvalue weighted by Crippen LogP contribution is 2.12. The molecule has 14 heavy (non-hydrogen) atoms. The number of non-ortho nitro benzene ring substituents is 1. The third-order valence-electron chi connectivity index (χ3n) is 1.76. The SMILES string of the molecule is O=CNCCc1cccc([N+](=O)[O-])c1. The summed E-state index contributed by atoms with van der Waals surface area (Å²) in [6.07, 6.45) is 1.21. The predicted octanol–water partition coefficient (Wildman–Crippen LogP) is 0.883. The number of hydrogen-bond acceptors (Lipinski definition) is 3. The van der Waals surface area contributed by atoms with Gasteiger partial charge in [0.05, 0.1) is 4.92 Å². The number of amides is 1. The Labute approximate surface area is 80.9 Å². The number of hydrogen-bond donors (Lipinski definition) is 1. The largest absolute Gasteiger partial charge is 0.358 e. The molecule has 0 aliphatic rings. The number of rotatable bonds is 5. The van der Waals surface area contributed by atoms with Crippen molar-refractivity contribution in [3.05, 3.63) is 39.9 Å². The van der Waals surface area contributed by atoms with Crippen LogP contribution in [0.3, 0.4) is 0 Å². The Bertz CT molecular complexity index is 339. The Balaban J connectivity index is 2.63. The average Bonchev–Trinajstić information content (AvgIpc) is 2.19. The van der Waals surface area contributed by atoms with Crippen molar-refractivity contribution >= 4 is 12.1 Å². The van der Waals surface area contributed by atoms with E-state index in [4.69, 9.17) is 0 Å². The molecule has 1 amide bonds. The Morgan fingerprint density at radius 1 is 1.50 bits per heavy atom. The molecule has 0 atom stereocenters. The molecular weight excluding hydrogens is 184 g/mol. The second kappa shape index (κ2) is 4.96. The number of nitrogens with one attached hydrogen (secondary N) is 1. The molecule has 5 nitrogen and oxygen atoms in total. The topological polar surface area (TPSA) is 72.2 Å². The van der Waals surface area contributed by atoms with E-state index in [9.17, 15) is 14.9 Å². The minimum absolute atomic E-state index is 0.0774. The maximum absolute atomic E-state index is 10.4. The predicted molar refractivity (Wildman–Crippen MR) is 50.9 cm³/mol. The molecule has 0 bridgehead atoms. The summed E-state index contributed by atoms with van der Waals surface area (Å²) in [6, 6.07) is 6.37. The first-order valence-electron chi connectivity index (χ1n) is 4.14. The van der Waals surface area contributed by atoms with E-state index in [0.29, 0.717) is 19.4 Å². The van der Waals surface area contributed by atoms with Crippen molar-refractivity contribution in [1.29, 1.82) is 0 Å². The number of nitro groups is 1. The number of nitrogens with zero attached hydrogens (tertiary/aromatic N) is 1. The third-order valence-corrected chi connectivity index (χ3v) is 1.76. The molecular formula is C9H10N2O3. The van der Waals surface area contributed by atoms with Crippen molar-refractivity contribution < 1.29 is 9.72 Å². The minimum atomic E-state index is -0.434. The number of carbonyl (C=O) groups is 1. The summed E-state index contributed by atoms with van der Waals surface area (Å²) in [4.78, 5) is 19.9. The molecule has 0 heterocycles. The second-order valence-electron chi connectivity index (χ2n) is 2.75. The fourth-order valence-electron chi connectivity index (χ4n) is 1.10. The fourth-order valence-corrected chi connectivity index (χ4v) is 1.10.